The summed E-state index contributed by atoms with van der Waals surface area (Å²) in [5.74, 6) is -4.05. The maximum absolute atomic E-state index is 13.4. The van der Waals surface area contributed by atoms with Crippen LogP contribution in [-0.2, 0) is 4.74 Å². The van der Waals surface area contributed by atoms with Crippen molar-refractivity contribution in [3.8, 4) is 45.8 Å². The highest BCUT2D eigenvalue weighted by atomic mass is 16.7. The number of aliphatic hydroxyl groups is 4. The van der Waals surface area contributed by atoms with E-state index in [9.17, 15) is 45.6 Å². The van der Waals surface area contributed by atoms with Crippen LogP contribution in [0.15, 0.2) is 33.5 Å². The second kappa shape index (κ2) is 9.13. The number of methoxy groups -OCH3 is 1. The number of ether oxygens (including phenoxy) is 3. The zero-order chi connectivity index (χ0) is 25.6. The molecule has 1 fully saturated rings. The van der Waals surface area contributed by atoms with E-state index in [2.05, 4.69) is 0 Å². The number of hydrogen-bond acceptors (Lipinski definition) is 13. The molecule has 1 saturated heterocycles. The van der Waals surface area contributed by atoms with Crippen LogP contribution in [-0.4, -0.2) is 85.3 Å². The summed E-state index contributed by atoms with van der Waals surface area (Å²) in [4.78, 5) is 13.4. The number of phenols is 4. The Kier molecular flexibility index (Phi) is 6.36. The molecule has 0 spiro atoms. The van der Waals surface area contributed by atoms with Crippen molar-refractivity contribution < 1.29 is 59.5 Å². The van der Waals surface area contributed by atoms with Crippen LogP contribution in [0.25, 0.3) is 22.3 Å². The van der Waals surface area contributed by atoms with Gasteiger partial charge >= 0.3 is 0 Å². The minimum atomic E-state index is -1.88. The fourth-order valence-electron chi connectivity index (χ4n) is 3.69. The lowest BCUT2D eigenvalue weighted by molar-refractivity contribution is -0.277. The molecule has 0 bridgehead atoms. The van der Waals surface area contributed by atoms with Crippen LogP contribution in [0.1, 0.15) is 0 Å². The summed E-state index contributed by atoms with van der Waals surface area (Å²) in [6.45, 7) is -0.757. The molecule has 0 radical (unpaired) electrons. The van der Waals surface area contributed by atoms with Crippen LogP contribution < -0.4 is 14.9 Å². The summed E-state index contributed by atoms with van der Waals surface area (Å²) < 4.78 is 21.6. The topological polar surface area (TPSA) is 220 Å². The second-order valence-electron chi connectivity index (χ2n) is 7.76. The lowest BCUT2D eigenvalue weighted by atomic mass is 9.99. The number of aliphatic hydroxyl groups excluding tert-OH is 4. The third kappa shape index (κ3) is 4.05. The summed E-state index contributed by atoms with van der Waals surface area (Å²) in [6.07, 6.45) is -8.53. The van der Waals surface area contributed by atoms with Gasteiger partial charge < -0.3 is 59.5 Å². The van der Waals surface area contributed by atoms with E-state index in [1.165, 1.54) is 25.3 Å². The third-order valence-electron chi connectivity index (χ3n) is 5.59. The van der Waals surface area contributed by atoms with Gasteiger partial charge in [-0.25, -0.2) is 0 Å². The van der Waals surface area contributed by atoms with Gasteiger partial charge in [-0.05, 0) is 18.2 Å². The van der Waals surface area contributed by atoms with Crippen molar-refractivity contribution in [2.75, 3.05) is 13.7 Å². The van der Waals surface area contributed by atoms with Crippen LogP contribution >= 0.6 is 0 Å². The molecule has 2 heterocycles. The number of hydrogen-bond donors (Lipinski definition) is 8. The maximum Gasteiger partial charge on any atom is 0.239 e. The molecule has 0 amide bonds. The van der Waals surface area contributed by atoms with Crippen LogP contribution in [0.5, 0.6) is 34.5 Å². The molecule has 188 valence electrons. The van der Waals surface area contributed by atoms with E-state index < -0.39 is 71.1 Å². The lowest BCUT2D eigenvalue weighted by Gasteiger charge is -2.39. The fraction of sp³-hybridized carbons (Fsp3) is 0.318. The van der Waals surface area contributed by atoms with Gasteiger partial charge in [-0.3, -0.25) is 4.79 Å². The van der Waals surface area contributed by atoms with Crippen molar-refractivity contribution in [1.82, 2.24) is 0 Å². The Morgan fingerprint density at radius 2 is 1.66 bits per heavy atom. The van der Waals surface area contributed by atoms with E-state index in [0.29, 0.717) is 0 Å². The molecular formula is C22H22O13. The van der Waals surface area contributed by atoms with E-state index in [4.69, 9.17) is 18.6 Å². The quantitative estimate of drug-likeness (QED) is 0.209. The first kappa shape index (κ1) is 24.4. The normalized spacial score (nSPS) is 24.4. The molecule has 1 aliphatic rings. The van der Waals surface area contributed by atoms with E-state index in [0.717, 1.165) is 6.07 Å². The predicted octanol–water partition coefficient (Wildman–Crippen LogP) is -0.530. The molecule has 8 N–H and O–H groups in total. The van der Waals surface area contributed by atoms with Gasteiger partial charge in [-0.2, -0.15) is 0 Å². The van der Waals surface area contributed by atoms with Gasteiger partial charge in [0, 0.05) is 11.6 Å². The highest BCUT2D eigenvalue weighted by Crippen LogP contribution is 2.43. The number of aromatic hydroxyl groups is 4. The zero-order valence-corrected chi connectivity index (χ0v) is 18.0. The predicted molar refractivity (Wildman–Crippen MR) is 116 cm³/mol. The summed E-state index contributed by atoms with van der Waals surface area (Å²) in [6, 6.07) is 4.70. The highest BCUT2D eigenvalue weighted by molar-refractivity contribution is 5.91. The first-order chi connectivity index (χ1) is 16.6. The molecule has 4 rings (SSSR count). The van der Waals surface area contributed by atoms with Crippen molar-refractivity contribution in [3.63, 3.8) is 0 Å². The van der Waals surface area contributed by atoms with Crippen LogP contribution in [0, 0.1) is 0 Å². The molecule has 5 atom stereocenters. The third-order valence-corrected chi connectivity index (χ3v) is 5.59. The Hall–Kier alpha value is -3.75. The Morgan fingerprint density at radius 1 is 0.943 bits per heavy atom. The van der Waals surface area contributed by atoms with E-state index >= 15 is 0 Å². The van der Waals surface area contributed by atoms with E-state index in [1.54, 1.807) is 0 Å². The van der Waals surface area contributed by atoms with Crippen molar-refractivity contribution in [2.24, 2.45) is 0 Å². The Balaban J connectivity index is 1.95. The molecular weight excluding hydrogens is 472 g/mol. The average molecular weight is 494 g/mol. The maximum atomic E-state index is 13.4. The first-order valence-corrected chi connectivity index (χ1v) is 10.2. The molecule has 1 aromatic heterocycles. The molecule has 13 heteroatoms. The Labute approximate surface area is 195 Å². The van der Waals surface area contributed by atoms with Gasteiger partial charge in [0.05, 0.1) is 13.7 Å². The number of fused-ring (bicyclic) bond motifs is 1. The van der Waals surface area contributed by atoms with Crippen LogP contribution in [0.4, 0.5) is 0 Å². The Morgan fingerprint density at radius 3 is 2.31 bits per heavy atom. The zero-order valence-electron chi connectivity index (χ0n) is 18.0. The van der Waals surface area contributed by atoms with Crippen molar-refractivity contribution in [2.45, 2.75) is 30.7 Å². The molecule has 1 aliphatic heterocycles. The fourth-order valence-corrected chi connectivity index (χ4v) is 3.69. The molecule has 0 aliphatic carbocycles. The van der Waals surface area contributed by atoms with E-state index in [1.807, 2.05) is 0 Å². The van der Waals surface area contributed by atoms with E-state index in [-0.39, 0.29) is 28.4 Å². The molecule has 35 heavy (non-hydrogen) atoms. The summed E-state index contributed by atoms with van der Waals surface area (Å²) in [5, 5.41) is 79.2. The molecule has 2 aromatic carbocycles. The second-order valence-corrected chi connectivity index (χ2v) is 7.76. The van der Waals surface area contributed by atoms with Crippen molar-refractivity contribution in [3.05, 3.63) is 34.5 Å². The van der Waals surface area contributed by atoms with Crippen molar-refractivity contribution in [1.29, 1.82) is 0 Å². The van der Waals surface area contributed by atoms with Crippen molar-refractivity contribution >= 4 is 11.0 Å². The summed E-state index contributed by atoms with van der Waals surface area (Å²) in [5.41, 5.74) is -1.32. The first-order valence-electron chi connectivity index (χ1n) is 10.2. The Bertz CT molecular complexity index is 1320. The highest BCUT2D eigenvalue weighted by Gasteiger charge is 2.45. The van der Waals surface area contributed by atoms with Crippen LogP contribution in [0.2, 0.25) is 0 Å². The van der Waals surface area contributed by atoms with Gasteiger partial charge in [0.2, 0.25) is 23.2 Å². The minimum absolute atomic E-state index is 0.0135. The van der Waals surface area contributed by atoms with Gasteiger partial charge in [0.25, 0.3) is 0 Å². The summed E-state index contributed by atoms with van der Waals surface area (Å²) >= 11 is 0. The van der Waals surface area contributed by atoms with Gasteiger partial charge in [-0.1, -0.05) is 0 Å². The number of benzene rings is 2. The monoisotopic (exact) mass is 494 g/mol. The molecule has 3 aromatic rings. The number of rotatable bonds is 5. The SMILES string of the molecule is COc1cc(-c2oc3cc(O)c(O)c(O)c3c(=O)c2O[C@@H]2O[C@H](CO)[C@H](O)[C@@H](O)[C@H]2O)ccc1O. The molecule has 13 nitrogen and oxygen atoms in total. The van der Waals surface area contributed by atoms with Crippen LogP contribution in [0.3, 0.4) is 0 Å². The standard InChI is InChI=1S/C22H22O13/c1-32-10-4-7(2-3-8(10)24)20-21(35-22-19(31)18(30)15(27)12(6-23)34-22)17(29)13-11(33-20)5-9(25)14(26)16(13)28/h2-5,12,15,18-19,22-28,30-31H,6H2,1H3/t12-,15+,18-,19-,22+/m1/s1. The lowest BCUT2D eigenvalue weighted by Crippen LogP contribution is -2.60. The molecule has 0 unspecified atom stereocenters. The number of phenolic OH excluding ortho intramolecular Hbond substituents is 4. The van der Waals surface area contributed by atoms with Gasteiger partial charge in [0.15, 0.2) is 28.8 Å². The summed E-state index contributed by atoms with van der Waals surface area (Å²) in [7, 11) is 1.28. The molecule has 0 saturated carbocycles. The van der Waals surface area contributed by atoms with Gasteiger partial charge in [0.1, 0.15) is 35.4 Å². The minimum Gasteiger partial charge on any atom is -0.504 e. The largest absolute Gasteiger partial charge is 0.504 e. The smallest absolute Gasteiger partial charge is 0.239 e. The van der Waals surface area contributed by atoms with Gasteiger partial charge in [-0.15, -0.1) is 0 Å². The average Bonchev–Trinajstić information content (AvgIpc) is 2.84.